The van der Waals surface area contributed by atoms with Gasteiger partial charge in [-0.25, -0.2) is 0 Å². The number of carbonyl (C=O) groups excluding carboxylic acids is 2. The number of carbonyl (C=O) groups is 2. The predicted molar refractivity (Wildman–Crippen MR) is 81.1 cm³/mol. The van der Waals surface area contributed by atoms with Gasteiger partial charge in [0.25, 0.3) is 17.9 Å². The van der Waals surface area contributed by atoms with Gasteiger partial charge in [0.15, 0.2) is 0 Å². The Morgan fingerprint density at radius 1 is 1.18 bits per heavy atom. The van der Waals surface area contributed by atoms with Crippen LogP contribution in [0.2, 0.25) is 0 Å². The molecule has 1 atom stereocenters. The van der Waals surface area contributed by atoms with Crippen LogP contribution in [0.4, 0.5) is 11.4 Å². The quantitative estimate of drug-likeness (QED) is 0.850. The maximum absolute atomic E-state index is 12.3. The molecule has 0 bridgehead atoms. The number of nitrogens with one attached hydrogen (secondary N) is 2. The first kappa shape index (κ1) is 13.9. The van der Waals surface area contributed by atoms with Gasteiger partial charge in [-0.05, 0) is 24.3 Å². The zero-order valence-corrected chi connectivity index (χ0v) is 11.8. The number of methoxy groups -OCH3 is 1. The molecular formula is C16H14N2O4. The second-order valence-electron chi connectivity index (χ2n) is 4.67. The van der Waals surface area contributed by atoms with Crippen molar-refractivity contribution in [3.8, 4) is 11.5 Å². The van der Waals surface area contributed by atoms with Gasteiger partial charge in [-0.3, -0.25) is 9.59 Å². The second-order valence-corrected chi connectivity index (χ2v) is 4.67. The van der Waals surface area contributed by atoms with Crippen molar-refractivity contribution in [3.63, 3.8) is 0 Å². The largest absolute Gasteiger partial charge is 0.495 e. The van der Waals surface area contributed by atoms with Crippen LogP contribution in [0.15, 0.2) is 48.5 Å². The molecule has 0 saturated carbocycles. The minimum Gasteiger partial charge on any atom is -0.495 e. The summed E-state index contributed by atoms with van der Waals surface area (Å²) in [6, 6.07) is 13.9. The van der Waals surface area contributed by atoms with Crippen molar-refractivity contribution in [1.82, 2.24) is 0 Å². The van der Waals surface area contributed by atoms with Crippen molar-refractivity contribution in [2.24, 2.45) is 0 Å². The SMILES string of the molecule is COc1ccccc1NC(=O)[C@H]1Oc2ccccc2NC1=O. The summed E-state index contributed by atoms with van der Waals surface area (Å²) in [4.78, 5) is 24.3. The minimum absolute atomic E-state index is 0.460. The van der Waals surface area contributed by atoms with E-state index in [2.05, 4.69) is 10.6 Å². The smallest absolute Gasteiger partial charge is 0.275 e. The van der Waals surface area contributed by atoms with Gasteiger partial charge in [-0.2, -0.15) is 0 Å². The van der Waals surface area contributed by atoms with Gasteiger partial charge < -0.3 is 20.1 Å². The molecule has 2 aromatic carbocycles. The number of rotatable bonds is 3. The van der Waals surface area contributed by atoms with E-state index in [0.29, 0.717) is 22.9 Å². The third-order valence-corrected chi connectivity index (χ3v) is 3.23. The molecule has 22 heavy (non-hydrogen) atoms. The van der Waals surface area contributed by atoms with Crippen LogP contribution in [0.1, 0.15) is 0 Å². The highest BCUT2D eigenvalue weighted by atomic mass is 16.5. The summed E-state index contributed by atoms with van der Waals surface area (Å²) >= 11 is 0. The van der Waals surface area contributed by atoms with Gasteiger partial charge in [0, 0.05) is 0 Å². The average molecular weight is 298 g/mol. The Bertz CT molecular complexity index is 730. The van der Waals surface area contributed by atoms with E-state index in [1.807, 2.05) is 0 Å². The minimum atomic E-state index is -1.25. The highest BCUT2D eigenvalue weighted by Gasteiger charge is 2.34. The summed E-state index contributed by atoms with van der Waals surface area (Å²) in [5, 5.41) is 5.29. The summed E-state index contributed by atoms with van der Waals surface area (Å²) in [7, 11) is 1.51. The highest BCUT2D eigenvalue weighted by molar-refractivity contribution is 6.15. The normalized spacial score (nSPS) is 16.0. The summed E-state index contributed by atoms with van der Waals surface area (Å²) in [6.07, 6.45) is -1.25. The number of fused-ring (bicyclic) bond motifs is 1. The number of hydrogen-bond acceptors (Lipinski definition) is 4. The molecule has 112 valence electrons. The van der Waals surface area contributed by atoms with Gasteiger partial charge >= 0.3 is 0 Å². The van der Waals surface area contributed by atoms with E-state index in [-0.39, 0.29) is 0 Å². The molecule has 0 aliphatic carbocycles. The molecule has 0 fully saturated rings. The number of amides is 2. The molecule has 0 spiro atoms. The average Bonchev–Trinajstić information content (AvgIpc) is 2.54. The van der Waals surface area contributed by atoms with Crippen molar-refractivity contribution in [1.29, 1.82) is 0 Å². The van der Waals surface area contributed by atoms with E-state index < -0.39 is 17.9 Å². The van der Waals surface area contributed by atoms with Gasteiger partial charge in [-0.15, -0.1) is 0 Å². The van der Waals surface area contributed by atoms with Crippen LogP contribution in [0.5, 0.6) is 11.5 Å². The number of hydrogen-bond donors (Lipinski definition) is 2. The van der Waals surface area contributed by atoms with Crippen LogP contribution in [0, 0.1) is 0 Å². The first-order valence-electron chi connectivity index (χ1n) is 6.69. The molecule has 0 saturated heterocycles. The molecule has 1 heterocycles. The maximum atomic E-state index is 12.3. The number of benzene rings is 2. The van der Waals surface area contributed by atoms with Crippen LogP contribution < -0.4 is 20.1 Å². The van der Waals surface area contributed by atoms with E-state index >= 15 is 0 Å². The Labute approximate surface area is 127 Å². The van der Waals surface area contributed by atoms with Crippen molar-refractivity contribution in [3.05, 3.63) is 48.5 Å². The lowest BCUT2D eigenvalue weighted by molar-refractivity contribution is -0.133. The van der Waals surface area contributed by atoms with Gasteiger partial charge in [-0.1, -0.05) is 24.3 Å². The third-order valence-electron chi connectivity index (χ3n) is 3.23. The summed E-state index contributed by atoms with van der Waals surface area (Å²) in [6.45, 7) is 0. The molecule has 2 aromatic rings. The Morgan fingerprint density at radius 3 is 2.73 bits per heavy atom. The Morgan fingerprint density at radius 2 is 1.91 bits per heavy atom. The fourth-order valence-corrected chi connectivity index (χ4v) is 2.17. The maximum Gasteiger partial charge on any atom is 0.275 e. The standard InChI is InChI=1S/C16H14N2O4/c1-21-12-8-4-2-6-10(12)17-15(19)14-16(20)18-11-7-3-5-9-13(11)22-14/h2-9,14H,1H3,(H,17,19)(H,18,20)/t14-/m1/s1. The van der Waals surface area contributed by atoms with E-state index in [0.717, 1.165) is 0 Å². The molecule has 1 aliphatic rings. The third kappa shape index (κ3) is 2.58. The second kappa shape index (κ2) is 5.77. The van der Waals surface area contributed by atoms with Crippen LogP contribution in [0.25, 0.3) is 0 Å². The van der Waals surface area contributed by atoms with Gasteiger partial charge in [0.05, 0.1) is 18.5 Å². The van der Waals surface area contributed by atoms with E-state index in [1.165, 1.54) is 7.11 Å². The zero-order chi connectivity index (χ0) is 15.5. The fourth-order valence-electron chi connectivity index (χ4n) is 2.17. The lowest BCUT2D eigenvalue weighted by atomic mass is 10.2. The molecule has 0 unspecified atom stereocenters. The fraction of sp³-hybridized carbons (Fsp3) is 0.125. The monoisotopic (exact) mass is 298 g/mol. The molecule has 0 aromatic heterocycles. The Kier molecular flexibility index (Phi) is 3.65. The van der Waals surface area contributed by atoms with Crippen molar-refractivity contribution in [2.75, 3.05) is 17.7 Å². The molecule has 2 amide bonds. The zero-order valence-electron chi connectivity index (χ0n) is 11.8. The lowest BCUT2D eigenvalue weighted by Crippen LogP contribution is -2.45. The van der Waals surface area contributed by atoms with Gasteiger partial charge in [0.1, 0.15) is 11.5 Å². The number of ether oxygens (including phenoxy) is 2. The predicted octanol–water partition coefficient (Wildman–Crippen LogP) is 2.03. The van der Waals surface area contributed by atoms with Crippen molar-refractivity contribution >= 4 is 23.2 Å². The molecular weight excluding hydrogens is 284 g/mol. The van der Waals surface area contributed by atoms with Crippen LogP contribution in [-0.4, -0.2) is 25.0 Å². The first-order valence-corrected chi connectivity index (χ1v) is 6.69. The molecule has 6 heteroatoms. The Balaban J connectivity index is 1.80. The van der Waals surface area contributed by atoms with Crippen LogP contribution in [-0.2, 0) is 9.59 Å². The van der Waals surface area contributed by atoms with Crippen LogP contribution >= 0.6 is 0 Å². The molecule has 3 rings (SSSR count). The molecule has 2 N–H and O–H groups in total. The van der Waals surface area contributed by atoms with E-state index in [4.69, 9.17) is 9.47 Å². The highest BCUT2D eigenvalue weighted by Crippen LogP contribution is 2.30. The summed E-state index contributed by atoms with van der Waals surface area (Å²) in [5.41, 5.74) is 1.03. The molecule has 1 aliphatic heterocycles. The summed E-state index contributed by atoms with van der Waals surface area (Å²) < 4.78 is 10.6. The van der Waals surface area contributed by atoms with Crippen molar-refractivity contribution in [2.45, 2.75) is 6.10 Å². The molecule has 0 radical (unpaired) electrons. The van der Waals surface area contributed by atoms with E-state index in [1.54, 1.807) is 48.5 Å². The van der Waals surface area contributed by atoms with Crippen molar-refractivity contribution < 1.29 is 19.1 Å². The topological polar surface area (TPSA) is 76.7 Å². The first-order chi connectivity index (χ1) is 10.7. The number of para-hydroxylation sites is 4. The summed E-state index contributed by atoms with van der Waals surface area (Å²) in [5.74, 6) is -0.0997. The number of anilines is 2. The van der Waals surface area contributed by atoms with Crippen LogP contribution in [0.3, 0.4) is 0 Å². The lowest BCUT2D eigenvalue weighted by Gasteiger charge is -2.25. The Hall–Kier alpha value is -3.02. The van der Waals surface area contributed by atoms with Gasteiger partial charge in [0.2, 0.25) is 0 Å². The van der Waals surface area contributed by atoms with E-state index in [9.17, 15) is 9.59 Å². The molecule has 6 nitrogen and oxygen atoms in total.